The summed E-state index contributed by atoms with van der Waals surface area (Å²) in [5.74, 6) is 0. The van der Waals surface area contributed by atoms with Gasteiger partial charge < -0.3 is 0 Å². The minimum absolute atomic E-state index is 0.594. The van der Waals surface area contributed by atoms with Gasteiger partial charge in [0.05, 0.1) is 17.9 Å². The number of halogens is 1. The first-order valence-corrected chi connectivity index (χ1v) is 6.15. The molecule has 0 N–H and O–H groups in total. The summed E-state index contributed by atoms with van der Waals surface area (Å²) < 4.78 is 0. The summed E-state index contributed by atoms with van der Waals surface area (Å²) in [5, 5.41) is 0.703. The van der Waals surface area contributed by atoms with E-state index in [-0.39, 0.29) is 0 Å². The van der Waals surface area contributed by atoms with Crippen LogP contribution in [0.4, 0.5) is 5.69 Å². The molecule has 1 heterocycles. The van der Waals surface area contributed by atoms with Crippen LogP contribution in [0.25, 0.3) is 0 Å². The average Bonchev–Trinajstić information content (AvgIpc) is 2.61. The molecule has 18 heavy (non-hydrogen) atoms. The number of hydrogen-bond acceptors (Lipinski definition) is 2. The lowest BCUT2D eigenvalue weighted by molar-refractivity contribution is 1.32. The Bertz CT molecular complexity index is 630. The second kappa shape index (κ2) is 4.75. The predicted octanol–water partition coefficient (Wildman–Crippen LogP) is 3.89. The lowest BCUT2D eigenvalue weighted by Gasteiger charge is -2.08. The highest BCUT2D eigenvalue weighted by Gasteiger charge is 2.13. The Hall–Kier alpha value is -1.93. The Kier molecular flexibility index (Phi) is 2.95. The van der Waals surface area contributed by atoms with Crippen molar-refractivity contribution in [2.24, 2.45) is 9.98 Å². The van der Waals surface area contributed by atoms with Crippen LogP contribution in [-0.4, -0.2) is 18.5 Å². The molecule has 0 bridgehead atoms. The van der Waals surface area contributed by atoms with Crippen molar-refractivity contribution in [2.45, 2.75) is 0 Å². The first-order chi connectivity index (χ1) is 8.84. The van der Waals surface area contributed by atoms with Gasteiger partial charge in [0.15, 0.2) is 0 Å². The van der Waals surface area contributed by atoms with Crippen LogP contribution in [0.2, 0.25) is 5.02 Å². The van der Waals surface area contributed by atoms with E-state index in [4.69, 9.17) is 11.6 Å². The van der Waals surface area contributed by atoms with Gasteiger partial charge in [-0.05, 0) is 18.2 Å². The fourth-order valence-corrected chi connectivity index (χ4v) is 2.18. The lowest BCUT2D eigenvalue weighted by Crippen LogP contribution is -2.03. The molecular weight excluding hydrogens is 244 g/mol. The molecule has 0 aromatic heterocycles. The van der Waals surface area contributed by atoms with Gasteiger partial charge in [0.25, 0.3) is 0 Å². The van der Waals surface area contributed by atoms with Crippen LogP contribution in [0.5, 0.6) is 0 Å². The van der Waals surface area contributed by atoms with Crippen molar-refractivity contribution in [2.75, 3.05) is 6.54 Å². The van der Waals surface area contributed by atoms with Gasteiger partial charge in [-0.25, -0.2) is 0 Å². The molecule has 0 amide bonds. The van der Waals surface area contributed by atoms with E-state index in [9.17, 15) is 0 Å². The number of aliphatic imine (C=N–C) groups is 2. The van der Waals surface area contributed by atoms with Crippen LogP contribution >= 0.6 is 11.6 Å². The summed E-state index contributed by atoms with van der Waals surface area (Å²) in [6.45, 7) is 0.594. The summed E-state index contributed by atoms with van der Waals surface area (Å²) in [6, 6.07) is 15.8. The van der Waals surface area contributed by atoms with Crippen molar-refractivity contribution in [1.29, 1.82) is 0 Å². The Labute approximate surface area is 111 Å². The topological polar surface area (TPSA) is 24.7 Å². The fraction of sp³-hybridized carbons (Fsp3) is 0.0667. The summed E-state index contributed by atoms with van der Waals surface area (Å²) in [6.07, 6.45) is 1.82. The second-order valence-electron chi connectivity index (χ2n) is 4.03. The van der Waals surface area contributed by atoms with Crippen molar-refractivity contribution in [1.82, 2.24) is 0 Å². The number of benzene rings is 2. The van der Waals surface area contributed by atoms with Crippen molar-refractivity contribution in [3.63, 3.8) is 0 Å². The van der Waals surface area contributed by atoms with E-state index in [2.05, 4.69) is 22.1 Å². The summed E-state index contributed by atoms with van der Waals surface area (Å²) >= 11 is 6.08. The summed E-state index contributed by atoms with van der Waals surface area (Å²) in [4.78, 5) is 8.99. The van der Waals surface area contributed by atoms with Crippen molar-refractivity contribution in [3.8, 4) is 0 Å². The molecule has 3 rings (SSSR count). The van der Waals surface area contributed by atoms with Crippen LogP contribution < -0.4 is 0 Å². The van der Waals surface area contributed by atoms with E-state index in [0.717, 1.165) is 22.5 Å². The van der Waals surface area contributed by atoms with Gasteiger partial charge >= 0.3 is 0 Å². The molecule has 3 heteroatoms. The highest BCUT2D eigenvalue weighted by atomic mass is 35.5. The van der Waals surface area contributed by atoms with Crippen LogP contribution in [0.15, 0.2) is 58.5 Å². The largest absolute Gasteiger partial charge is 0.278 e. The Balaban J connectivity index is 2.19. The zero-order valence-corrected chi connectivity index (χ0v) is 10.4. The molecule has 0 spiro atoms. The van der Waals surface area contributed by atoms with E-state index < -0.39 is 0 Å². The van der Waals surface area contributed by atoms with E-state index in [1.807, 2.05) is 42.6 Å². The summed E-state index contributed by atoms with van der Waals surface area (Å²) in [5.41, 5.74) is 3.94. The van der Waals surface area contributed by atoms with Crippen LogP contribution in [0.3, 0.4) is 0 Å². The molecular formula is C15H11ClN2. The Morgan fingerprint density at radius 3 is 2.67 bits per heavy atom. The highest BCUT2D eigenvalue weighted by molar-refractivity contribution is 6.31. The Morgan fingerprint density at radius 1 is 1.00 bits per heavy atom. The predicted molar refractivity (Wildman–Crippen MR) is 76.6 cm³/mol. The van der Waals surface area contributed by atoms with Gasteiger partial charge in [-0.2, -0.15) is 0 Å². The maximum atomic E-state index is 6.08. The zero-order chi connectivity index (χ0) is 12.4. The third kappa shape index (κ3) is 2.07. The number of nitrogens with zero attached hydrogens (tertiary/aromatic N) is 2. The van der Waals surface area contributed by atoms with E-state index in [1.54, 1.807) is 0 Å². The first-order valence-electron chi connectivity index (χ1n) is 5.77. The number of rotatable bonds is 1. The average molecular weight is 255 g/mol. The van der Waals surface area contributed by atoms with Gasteiger partial charge in [0, 0.05) is 22.4 Å². The molecule has 2 nitrogen and oxygen atoms in total. The number of hydrogen-bond donors (Lipinski definition) is 0. The van der Waals surface area contributed by atoms with Crippen LogP contribution in [0.1, 0.15) is 11.1 Å². The van der Waals surface area contributed by atoms with Crippen LogP contribution in [0, 0.1) is 0 Å². The first kappa shape index (κ1) is 11.2. The van der Waals surface area contributed by atoms with E-state index in [1.165, 1.54) is 0 Å². The van der Waals surface area contributed by atoms with Crippen molar-refractivity contribution in [3.05, 3.63) is 64.7 Å². The smallest absolute Gasteiger partial charge is 0.0750 e. The second-order valence-corrected chi connectivity index (χ2v) is 4.46. The molecule has 0 saturated carbocycles. The lowest BCUT2D eigenvalue weighted by atomic mass is 10.0. The molecule has 0 unspecified atom stereocenters. The monoisotopic (exact) mass is 254 g/mol. The van der Waals surface area contributed by atoms with Gasteiger partial charge in [0.2, 0.25) is 0 Å². The minimum Gasteiger partial charge on any atom is -0.278 e. The molecule has 1 aliphatic rings. The van der Waals surface area contributed by atoms with Crippen molar-refractivity contribution >= 4 is 29.2 Å². The molecule has 0 saturated heterocycles. The molecule has 0 atom stereocenters. The minimum atomic E-state index is 0.594. The molecule has 1 aliphatic heterocycles. The molecule has 2 aromatic carbocycles. The molecule has 2 aromatic rings. The standard InChI is InChI=1S/C15H11ClN2/c16-12-6-7-14-13(10-12)15(18-9-8-17-14)11-4-2-1-3-5-11/h1-8,10H,9H2. The normalized spacial score (nSPS) is 13.7. The van der Waals surface area contributed by atoms with Crippen LogP contribution in [-0.2, 0) is 0 Å². The quantitative estimate of drug-likeness (QED) is 0.738. The van der Waals surface area contributed by atoms with Gasteiger partial charge in [-0.15, -0.1) is 0 Å². The maximum absolute atomic E-state index is 6.08. The van der Waals surface area contributed by atoms with Gasteiger partial charge in [-0.3, -0.25) is 9.98 Å². The van der Waals surface area contributed by atoms with Crippen molar-refractivity contribution < 1.29 is 0 Å². The third-order valence-corrected chi connectivity index (χ3v) is 3.06. The summed E-state index contributed by atoms with van der Waals surface area (Å²) in [7, 11) is 0. The Morgan fingerprint density at radius 2 is 1.83 bits per heavy atom. The molecule has 88 valence electrons. The van der Waals surface area contributed by atoms with E-state index >= 15 is 0 Å². The highest BCUT2D eigenvalue weighted by Crippen LogP contribution is 2.27. The SMILES string of the molecule is Clc1ccc2c(c1)C(c1ccccc1)=NCC=N2. The third-order valence-electron chi connectivity index (χ3n) is 2.82. The molecule has 0 radical (unpaired) electrons. The number of fused-ring (bicyclic) bond motifs is 1. The molecule has 0 aliphatic carbocycles. The zero-order valence-electron chi connectivity index (χ0n) is 9.68. The van der Waals surface area contributed by atoms with E-state index in [0.29, 0.717) is 11.6 Å². The molecule has 0 fully saturated rings. The maximum Gasteiger partial charge on any atom is 0.0750 e. The fourth-order valence-electron chi connectivity index (χ4n) is 2.01. The van der Waals surface area contributed by atoms with Gasteiger partial charge in [0.1, 0.15) is 0 Å². The van der Waals surface area contributed by atoms with Gasteiger partial charge in [-0.1, -0.05) is 41.9 Å².